The van der Waals surface area contributed by atoms with Crippen LogP contribution in [0.3, 0.4) is 0 Å². The van der Waals surface area contributed by atoms with Gasteiger partial charge in [0, 0.05) is 26.1 Å². The standard InChI is InChI=1S/C9H14N2O3/c12-8-2-1-3-11(8)9(13)10-4-6-14-7-5-10/h1-7H2. The molecule has 3 amide bonds. The Bertz CT molecular complexity index is 248. The third-order valence-corrected chi connectivity index (χ3v) is 2.59. The molecule has 2 aliphatic rings. The highest BCUT2D eigenvalue weighted by Gasteiger charge is 2.30. The number of urea groups is 1. The van der Waals surface area contributed by atoms with Gasteiger partial charge in [0.1, 0.15) is 0 Å². The van der Waals surface area contributed by atoms with E-state index in [0.717, 1.165) is 6.42 Å². The second-order valence-corrected chi connectivity index (χ2v) is 3.53. The molecule has 0 N–H and O–H groups in total. The lowest BCUT2D eigenvalue weighted by Gasteiger charge is -2.29. The number of imide groups is 1. The molecular weight excluding hydrogens is 184 g/mol. The smallest absolute Gasteiger partial charge is 0.326 e. The van der Waals surface area contributed by atoms with Gasteiger partial charge in [0.2, 0.25) is 5.91 Å². The first-order valence-corrected chi connectivity index (χ1v) is 4.96. The number of amides is 3. The van der Waals surface area contributed by atoms with Crippen LogP contribution in [-0.2, 0) is 9.53 Å². The van der Waals surface area contributed by atoms with Crippen molar-refractivity contribution in [3.05, 3.63) is 0 Å². The van der Waals surface area contributed by atoms with E-state index in [2.05, 4.69) is 0 Å². The Morgan fingerprint density at radius 3 is 2.50 bits per heavy atom. The van der Waals surface area contributed by atoms with Gasteiger partial charge >= 0.3 is 6.03 Å². The van der Waals surface area contributed by atoms with Gasteiger partial charge in [-0.05, 0) is 6.42 Å². The minimum atomic E-state index is -0.143. The molecule has 0 aliphatic carbocycles. The van der Waals surface area contributed by atoms with Crippen LogP contribution in [0.5, 0.6) is 0 Å². The minimum Gasteiger partial charge on any atom is -0.378 e. The monoisotopic (exact) mass is 198 g/mol. The molecule has 0 aromatic carbocycles. The number of hydrogen-bond donors (Lipinski definition) is 0. The van der Waals surface area contributed by atoms with Crippen molar-refractivity contribution < 1.29 is 14.3 Å². The highest BCUT2D eigenvalue weighted by Crippen LogP contribution is 2.13. The van der Waals surface area contributed by atoms with Crippen molar-refractivity contribution in [1.29, 1.82) is 0 Å². The lowest BCUT2D eigenvalue weighted by molar-refractivity contribution is -0.125. The lowest BCUT2D eigenvalue weighted by Crippen LogP contribution is -2.48. The van der Waals surface area contributed by atoms with Crippen LogP contribution in [0.1, 0.15) is 12.8 Å². The number of carbonyl (C=O) groups excluding carboxylic acids is 2. The zero-order valence-corrected chi connectivity index (χ0v) is 8.07. The molecule has 5 nitrogen and oxygen atoms in total. The normalized spacial score (nSPS) is 23.0. The Labute approximate surface area is 82.6 Å². The number of hydrogen-bond acceptors (Lipinski definition) is 3. The van der Waals surface area contributed by atoms with E-state index >= 15 is 0 Å². The van der Waals surface area contributed by atoms with Gasteiger partial charge in [0.05, 0.1) is 13.2 Å². The maximum absolute atomic E-state index is 11.8. The number of nitrogens with zero attached hydrogens (tertiary/aromatic N) is 2. The van der Waals surface area contributed by atoms with E-state index in [1.807, 2.05) is 0 Å². The molecule has 0 unspecified atom stereocenters. The fraction of sp³-hybridized carbons (Fsp3) is 0.778. The Kier molecular flexibility index (Phi) is 2.67. The first kappa shape index (κ1) is 9.45. The van der Waals surface area contributed by atoms with Gasteiger partial charge in [0.15, 0.2) is 0 Å². The predicted molar refractivity (Wildman–Crippen MR) is 48.7 cm³/mol. The van der Waals surface area contributed by atoms with E-state index in [-0.39, 0.29) is 11.9 Å². The summed E-state index contributed by atoms with van der Waals surface area (Å²) in [5, 5.41) is 0. The number of ether oxygens (including phenoxy) is 1. The first-order valence-electron chi connectivity index (χ1n) is 4.96. The van der Waals surface area contributed by atoms with Crippen LogP contribution in [-0.4, -0.2) is 54.6 Å². The average Bonchev–Trinajstić information content (AvgIpc) is 2.65. The van der Waals surface area contributed by atoms with E-state index in [4.69, 9.17) is 4.74 Å². The van der Waals surface area contributed by atoms with Gasteiger partial charge in [0.25, 0.3) is 0 Å². The SMILES string of the molecule is O=C1CCCN1C(=O)N1CCOCC1. The van der Waals surface area contributed by atoms with Crippen molar-refractivity contribution in [2.24, 2.45) is 0 Å². The fourth-order valence-corrected chi connectivity index (χ4v) is 1.78. The summed E-state index contributed by atoms with van der Waals surface area (Å²) in [6.45, 7) is 2.93. The van der Waals surface area contributed by atoms with Crippen molar-refractivity contribution in [2.75, 3.05) is 32.8 Å². The zero-order chi connectivity index (χ0) is 9.97. The summed E-state index contributed by atoms with van der Waals surface area (Å²) in [5.41, 5.74) is 0. The molecule has 14 heavy (non-hydrogen) atoms. The Morgan fingerprint density at radius 1 is 1.21 bits per heavy atom. The quantitative estimate of drug-likeness (QED) is 0.553. The minimum absolute atomic E-state index is 0.0403. The van der Waals surface area contributed by atoms with E-state index in [0.29, 0.717) is 39.3 Å². The number of rotatable bonds is 0. The molecule has 2 aliphatic heterocycles. The van der Waals surface area contributed by atoms with Gasteiger partial charge < -0.3 is 9.64 Å². The molecule has 5 heteroatoms. The molecule has 0 radical (unpaired) electrons. The largest absolute Gasteiger partial charge is 0.378 e. The molecule has 0 bridgehead atoms. The van der Waals surface area contributed by atoms with Crippen molar-refractivity contribution in [3.63, 3.8) is 0 Å². The highest BCUT2D eigenvalue weighted by atomic mass is 16.5. The Balaban J connectivity index is 1.96. The number of likely N-dealkylation sites (tertiary alicyclic amines) is 1. The van der Waals surface area contributed by atoms with Gasteiger partial charge in [-0.1, -0.05) is 0 Å². The summed E-state index contributed by atoms with van der Waals surface area (Å²) in [6.07, 6.45) is 1.31. The molecule has 0 spiro atoms. The molecule has 0 atom stereocenters. The first-order chi connectivity index (χ1) is 6.79. The Morgan fingerprint density at radius 2 is 1.93 bits per heavy atom. The van der Waals surface area contributed by atoms with E-state index < -0.39 is 0 Å². The average molecular weight is 198 g/mol. The summed E-state index contributed by atoms with van der Waals surface area (Å²) in [4.78, 5) is 26.1. The third-order valence-electron chi connectivity index (χ3n) is 2.59. The second-order valence-electron chi connectivity index (χ2n) is 3.53. The van der Waals surface area contributed by atoms with Gasteiger partial charge in [-0.15, -0.1) is 0 Å². The van der Waals surface area contributed by atoms with E-state index in [9.17, 15) is 9.59 Å². The number of morpholine rings is 1. The summed E-state index contributed by atoms with van der Waals surface area (Å²) in [7, 11) is 0. The van der Waals surface area contributed by atoms with Gasteiger partial charge in [-0.2, -0.15) is 0 Å². The molecule has 0 saturated carbocycles. The van der Waals surface area contributed by atoms with Crippen LogP contribution in [0.4, 0.5) is 4.79 Å². The second kappa shape index (κ2) is 3.96. The molecular formula is C9H14N2O3. The maximum atomic E-state index is 11.8. The highest BCUT2D eigenvalue weighted by molar-refractivity contribution is 5.95. The maximum Gasteiger partial charge on any atom is 0.326 e. The summed E-state index contributed by atoms with van der Waals surface area (Å²) in [5.74, 6) is -0.0403. The van der Waals surface area contributed by atoms with Crippen molar-refractivity contribution >= 4 is 11.9 Å². The van der Waals surface area contributed by atoms with Crippen molar-refractivity contribution in [1.82, 2.24) is 9.80 Å². The van der Waals surface area contributed by atoms with Crippen molar-refractivity contribution in [3.8, 4) is 0 Å². The van der Waals surface area contributed by atoms with Crippen LogP contribution in [0.2, 0.25) is 0 Å². The van der Waals surface area contributed by atoms with Crippen LogP contribution >= 0.6 is 0 Å². The third kappa shape index (κ3) is 1.72. The summed E-state index contributed by atoms with van der Waals surface area (Å²) in [6, 6.07) is -0.143. The number of carbonyl (C=O) groups is 2. The fourth-order valence-electron chi connectivity index (χ4n) is 1.78. The Hall–Kier alpha value is -1.10. The van der Waals surface area contributed by atoms with Gasteiger partial charge in [-0.3, -0.25) is 9.69 Å². The summed E-state index contributed by atoms with van der Waals surface area (Å²) >= 11 is 0. The molecule has 2 saturated heterocycles. The predicted octanol–water partition coefficient (Wildman–Crippen LogP) is 0.0610. The lowest BCUT2D eigenvalue weighted by atomic mass is 10.4. The molecule has 2 rings (SSSR count). The summed E-state index contributed by atoms with van der Waals surface area (Å²) < 4.78 is 5.14. The van der Waals surface area contributed by atoms with Crippen molar-refractivity contribution in [2.45, 2.75) is 12.8 Å². The van der Waals surface area contributed by atoms with E-state index in [1.54, 1.807) is 4.90 Å². The zero-order valence-electron chi connectivity index (χ0n) is 8.07. The molecule has 78 valence electrons. The van der Waals surface area contributed by atoms with Crippen LogP contribution < -0.4 is 0 Å². The van der Waals surface area contributed by atoms with E-state index in [1.165, 1.54) is 4.90 Å². The van der Waals surface area contributed by atoms with Gasteiger partial charge in [-0.25, -0.2) is 4.79 Å². The molecule has 0 aromatic rings. The van der Waals surface area contributed by atoms with Crippen LogP contribution in [0.25, 0.3) is 0 Å². The molecule has 2 heterocycles. The van der Waals surface area contributed by atoms with Crippen LogP contribution in [0.15, 0.2) is 0 Å². The topological polar surface area (TPSA) is 49.9 Å². The molecule has 2 fully saturated rings. The molecule has 0 aromatic heterocycles. The van der Waals surface area contributed by atoms with Crippen LogP contribution in [0, 0.1) is 0 Å².